The molecule has 0 bridgehead atoms. The highest BCUT2D eigenvalue weighted by Crippen LogP contribution is 2.29. The lowest BCUT2D eigenvalue weighted by Gasteiger charge is -2.29. The summed E-state index contributed by atoms with van der Waals surface area (Å²) in [5, 5.41) is 5.50. The first-order chi connectivity index (χ1) is 15.8. The number of sulfonamides is 1. The Hall–Kier alpha value is -2.92. The van der Waals surface area contributed by atoms with E-state index in [0.29, 0.717) is 30.2 Å². The number of anilines is 1. The summed E-state index contributed by atoms with van der Waals surface area (Å²) >= 11 is 0. The van der Waals surface area contributed by atoms with Gasteiger partial charge < -0.3 is 20.1 Å². The van der Waals surface area contributed by atoms with Crippen LogP contribution in [0.25, 0.3) is 11.4 Å². The summed E-state index contributed by atoms with van der Waals surface area (Å²) in [5.41, 5.74) is 1.64. The van der Waals surface area contributed by atoms with E-state index in [1.807, 2.05) is 38.5 Å². The third-order valence-electron chi connectivity index (χ3n) is 5.70. The fourth-order valence-electron chi connectivity index (χ4n) is 4.08. The third kappa shape index (κ3) is 5.95. The Balaban J connectivity index is 2.07. The number of rotatable bonds is 6. The molecule has 2 aromatic rings. The number of nitrogens with zero attached hydrogens (tertiary/aromatic N) is 3. The van der Waals surface area contributed by atoms with E-state index in [-0.39, 0.29) is 11.6 Å². The zero-order valence-corrected chi connectivity index (χ0v) is 21.4. The van der Waals surface area contributed by atoms with Gasteiger partial charge in [0.15, 0.2) is 5.69 Å². The number of imidazole rings is 1. The molecule has 1 aliphatic heterocycles. The van der Waals surface area contributed by atoms with Gasteiger partial charge in [-0.2, -0.15) is 0 Å². The van der Waals surface area contributed by atoms with Crippen LogP contribution in [0, 0.1) is 5.41 Å². The molecule has 10 nitrogen and oxygen atoms in total. The zero-order valence-electron chi connectivity index (χ0n) is 20.6. The van der Waals surface area contributed by atoms with Crippen molar-refractivity contribution in [1.29, 1.82) is 0 Å². The van der Waals surface area contributed by atoms with Gasteiger partial charge in [-0.25, -0.2) is 13.4 Å². The highest BCUT2D eigenvalue weighted by Gasteiger charge is 2.34. The molecule has 1 atom stereocenters. The molecule has 0 unspecified atom stereocenters. The van der Waals surface area contributed by atoms with E-state index in [2.05, 4.69) is 20.3 Å². The highest BCUT2D eigenvalue weighted by molar-refractivity contribution is 7.92. The highest BCUT2D eigenvalue weighted by atomic mass is 32.2. The lowest BCUT2D eigenvalue weighted by Crippen LogP contribution is -2.53. The topological polar surface area (TPSA) is 125 Å². The second-order valence-corrected chi connectivity index (χ2v) is 11.6. The number of fused-ring (bicyclic) bond motifs is 1. The molecule has 2 heterocycles. The molecule has 34 heavy (non-hydrogen) atoms. The number of nitrogens with one attached hydrogen (secondary N) is 3. The average Bonchev–Trinajstić information content (AvgIpc) is 2.96. The Kier molecular flexibility index (Phi) is 7.37. The van der Waals surface area contributed by atoms with Crippen molar-refractivity contribution in [2.75, 3.05) is 31.6 Å². The summed E-state index contributed by atoms with van der Waals surface area (Å²) in [5.74, 6) is -0.109. The molecule has 3 rings (SSSR count). The maximum absolute atomic E-state index is 13.4. The maximum atomic E-state index is 13.4. The van der Waals surface area contributed by atoms with Gasteiger partial charge in [0.25, 0.3) is 5.91 Å². The summed E-state index contributed by atoms with van der Waals surface area (Å²) in [7, 11) is 0.0925. The van der Waals surface area contributed by atoms with Gasteiger partial charge in [0.2, 0.25) is 15.9 Å². The Morgan fingerprint density at radius 1 is 1.18 bits per heavy atom. The summed E-state index contributed by atoms with van der Waals surface area (Å²) in [6, 6.07) is 6.21. The van der Waals surface area contributed by atoms with E-state index in [0.717, 1.165) is 24.9 Å². The van der Waals surface area contributed by atoms with E-state index >= 15 is 0 Å². The minimum absolute atomic E-state index is 0.267. The maximum Gasteiger partial charge on any atom is 0.272 e. The zero-order chi connectivity index (χ0) is 25.3. The summed E-state index contributed by atoms with van der Waals surface area (Å²) in [6.07, 6.45) is 1.97. The monoisotopic (exact) mass is 490 g/mol. The molecule has 0 spiro atoms. The van der Waals surface area contributed by atoms with E-state index in [1.54, 1.807) is 25.2 Å². The minimum Gasteiger partial charge on any atom is -0.357 e. The van der Waals surface area contributed by atoms with Crippen LogP contribution < -0.4 is 15.4 Å². The van der Waals surface area contributed by atoms with Gasteiger partial charge in [0, 0.05) is 31.4 Å². The number of aromatic nitrogens is 2. The molecule has 0 saturated carbocycles. The second-order valence-electron chi connectivity index (χ2n) is 9.82. The molecular formula is C23H34N6O4S. The predicted molar refractivity (Wildman–Crippen MR) is 132 cm³/mol. The molecule has 0 saturated heterocycles. The van der Waals surface area contributed by atoms with Gasteiger partial charge in [-0.05, 0) is 37.6 Å². The van der Waals surface area contributed by atoms with Crippen LogP contribution in [-0.2, 0) is 27.9 Å². The first-order valence-corrected chi connectivity index (χ1v) is 13.1. The minimum atomic E-state index is -3.44. The fraction of sp³-hybridized carbons (Fsp3) is 0.522. The molecule has 3 N–H and O–H groups in total. The van der Waals surface area contributed by atoms with Crippen molar-refractivity contribution < 1.29 is 18.0 Å². The summed E-state index contributed by atoms with van der Waals surface area (Å²) in [4.78, 5) is 32.8. The van der Waals surface area contributed by atoms with Crippen molar-refractivity contribution >= 4 is 27.5 Å². The Bertz CT molecular complexity index is 1180. The number of hydrogen-bond acceptors (Lipinski definition) is 6. The Labute approximate surface area is 201 Å². The molecule has 2 amide bonds. The van der Waals surface area contributed by atoms with Crippen LogP contribution >= 0.6 is 0 Å². The second kappa shape index (κ2) is 9.75. The number of carbonyl (C=O) groups excluding carboxylic acids is 2. The van der Waals surface area contributed by atoms with Crippen molar-refractivity contribution in [2.24, 2.45) is 5.41 Å². The molecule has 1 aromatic carbocycles. The molecule has 0 radical (unpaired) electrons. The van der Waals surface area contributed by atoms with Crippen molar-refractivity contribution in [3.05, 3.63) is 35.7 Å². The average molecular weight is 491 g/mol. The number of benzene rings is 1. The van der Waals surface area contributed by atoms with Crippen molar-refractivity contribution in [3.8, 4) is 11.4 Å². The molecule has 1 aromatic heterocycles. The van der Waals surface area contributed by atoms with E-state index < -0.39 is 27.4 Å². The summed E-state index contributed by atoms with van der Waals surface area (Å²) < 4.78 is 27.9. The van der Waals surface area contributed by atoms with Crippen LogP contribution in [0.3, 0.4) is 0 Å². The quantitative estimate of drug-likeness (QED) is 0.565. The van der Waals surface area contributed by atoms with Crippen LogP contribution in [0.2, 0.25) is 0 Å². The first kappa shape index (κ1) is 25.7. The van der Waals surface area contributed by atoms with Crippen LogP contribution in [0.1, 0.15) is 43.4 Å². The van der Waals surface area contributed by atoms with Gasteiger partial charge in [-0.15, -0.1) is 0 Å². The van der Waals surface area contributed by atoms with E-state index in [1.165, 1.54) is 0 Å². The lowest BCUT2D eigenvalue weighted by atomic mass is 9.86. The molecule has 0 fully saturated rings. The van der Waals surface area contributed by atoms with E-state index in [9.17, 15) is 18.0 Å². The molecular weight excluding hydrogens is 456 g/mol. The fourth-order valence-corrected chi connectivity index (χ4v) is 4.63. The van der Waals surface area contributed by atoms with Crippen LogP contribution in [0.4, 0.5) is 5.69 Å². The first-order valence-electron chi connectivity index (χ1n) is 11.2. The predicted octanol–water partition coefficient (Wildman–Crippen LogP) is 1.65. The molecule has 11 heteroatoms. The van der Waals surface area contributed by atoms with Gasteiger partial charge in [-0.1, -0.05) is 32.9 Å². The van der Waals surface area contributed by atoms with Crippen LogP contribution in [-0.4, -0.2) is 67.6 Å². The van der Waals surface area contributed by atoms with Crippen molar-refractivity contribution in [3.63, 3.8) is 0 Å². The number of carbonyl (C=O) groups is 2. The Morgan fingerprint density at radius 3 is 2.50 bits per heavy atom. The smallest absolute Gasteiger partial charge is 0.272 e. The third-order valence-corrected chi connectivity index (χ3v) is 6.31. The van der Waals surface area contributed by atoms with Crippen LogP contribution in [0.15, 0.2) is 24.3 Å². The lowest BCUT2D eigenvalue weighted by molar-refractivity contribution is -0.124. The standard InChI is InChI=1S/C23H34N6O4S/c1-23(2,3)19(22(31)24-4)26-21(30)18-17-14-28(5)11-8-12-29(17)20(25-18)15-9-7-10-16(13-15)27-34(6,32)33/h7,9-10,13,19,27H,8,11-12,14H2,1-6H3,(H,24,31)(H,26,30)/t19-/m1/s1. The van der Waals surface area contributed by atoms with Crippen molar-refractivity contribution in [1.82, 2.24) is 25.1 Å². The van der Waals surface area contributed by atoms with Gasteiger partial charge in [0.05, 0.1) is 11.9 Å². The summed E-state index contributed by atoms with van der Waals surface area (Å²) in [6.45, 7) is 7.72. The van der Waals surface area contributed by atoms with Crippen LogP contribution in [0.5, 0.6) is 0 Å². The van der Waals surface area contributed by atoms with Gasteiger partial charge in [0.1, 0.15) is 11.9 Å². The SMILES string of the molecule is CNC(=O)[C@@H](NC(=O)c1nc(-c2cccc(NS(C)(=O)=O)c2)n2c1CN(C)CCC2)C(C)(C)C. The number of amides is 2. The van der Waals surface area contributed by atoms with E-state index in [4.69, 9.17) is 4.98 Å². The Morgan fingerprint density at radius 2 is 1.88 bits per heavy atom. The number of hydrogen-bond donors (Lipinski definition) is 3. The molecule has 0 aliphatic carbocycles. The van der Waals surface area contributed by atoms with Crippen molar-refractivity contribution in [2.45, 2.75) is 46.3 Å². The van der Waals surface area contributed by atoms with Gasteiger partial charge in [-0.3, -0.25) is 14.3 Å². The van der Waals surface area contributed by atoms with Gasteiger partial charge >= 0.3 is 0 Å². The molecule has 1 aliphatic rings. The number of likely N-dealkylation sites (N-methyl/N-ethyl adjacent to an activating group) is 1. The largest absolute Gasteiger partial charge is 0.357 e. The normalized spacial score (nSPS) is 15.7. The molecule has 186 valence electrons.